The summed E-state index contributed by atoms with van der Waals surface area (Å²) in [6.07, 6.45) is 4.81. The second-order valence-corrected chi connectivity index (χ2v) is 3.82. The summed E-state index contributed by atoms with van der Waals surface area (Å²) in [5, 5.41) is 5.44. The van der Waals surface area contributed by atoms with Gasteiger partial charge in [-0.25, -0.2) is 0 Å². The number of fused-ring (bicyclic) bond motifs is 1. The third-order valence-electron chi connectivity index (χ3n) is 2.45. The Morgan fingerprint density at radius 2 is 2.19 bits per heavy atom. The Kier molecular flexibility index (Phi) is 4.26. The minimum atomic E-state index is -0.0241. The van der Waals surface area contributed by atoms with Gasteiger partial charge in [0.2, 0.25) is 0 Å². The second kappa shape index (κ2) is 5.27. The predicted molar refractivity (Wildman–Crippen MR) is 67.7 cm³/mol. The molecule has 0 amide bonds. The van der Waals surface area contributed by atoms with Gasteiger partial charge < -0.3 is 5.73 Å². The maximum absolute atomic E-state index is 5.78. The van der Waals surface area contributed by atoms with Crippen LogP contribution in [0.2, 0.25) is 0 Å². The van der Waals surface area contributed by atoms with E-state index in [2.05, 4.69) is 17.0 Å². The molecule has 2 N–H and O–H groups in total. The van der Waals surface area contributed by atoms with E-state index in [1.165, 1.54) is 0 Å². The largest absolute Gasteiger partial charge is 0.323 e. The molecular weight excluding hydrogens is 224 g/mol. The fourth-order valence-corrected chi connectivity index (χ4v) is 1.63. The number of aromatic nitrogens is 3. The van der Waals surface area contributed by atoms with E-state index in [9.17, 15) is 0 Å². The van der Waals surface area contributed by atoms with Gasteiger partial charge in [-0.15, -0.1) is 12.4 Å². The van der Waals surface area contributed by atoms with Crippen LogP contribution in [0.4, 0.5) is 0 Å². The van der Waals surface area contributed by atoms with Crippen molar-refractivity contribution in [1.82, 2.24) is 14.8 Å². The summed E-state index contributed by atoms with van der Waals surface area (Å²) in [5.74, 6) is 0. The second-order valence-electron chi connectivity index (χ2n) is 3.82. The molecule has 0 saturated carbocycles. The molecule has 0 aliphatic rings. The van der Waals surface area contributed by atoms with Crippen molar-refractivity contribution in [1.29, 1.82) is 0 Å². The molecule has 0 aliphatic heterocycles. The monoisotopic (exact) mass is 240 g/mol. The first-order valence-electron chi connectivity index (χ1n) is 5.29. The van der Waals surface area contributed by atoms with Gasteiger partial charge in [0.25, 0.3) is 0 Å². The van der Waals surface area contributed by atoms with Crippen molar-refractivity contribution in [3.63, 3.8) is 0 Å². The number of hydrogen-bond donors (Lipinski definition) is 1. The van der Waals surface area contributed by atoms with E-state index < -0.39 is 0 Å². The average molecular weight is 241 g/mol. The molecule has 0 radical (unpaired) electrons. The zero-order valence-electron chi connectivity index (χ0n) is 9.55. The summed E-state index contributed by atoms with van der Waals surface area (Å²) in [7, 11) is 0. The van der Waals surface area contributed by atoms with Crippen LogP contribution in [0.1, 0.15) is 32.0 Å². The van der Waals surface area contributed by atoms with Gasteiger partial charge in [0.05, 0.1) is 23.6 Å². The van der Waals surface area contributed by atoms with Crippen molar-refractivity contribution in [2.45, 2.75) is 32.9 Å². The lowest BCUT2D eigenvalue weighted by molar-refractivity contribution is 0.621. The van der Waals surface area contributed by atoms with Crippen LogP contribution in [0, 0.1) is 0 Å². The highest BCUT2D eigenvalue weighted by molar-refractivity contribution is 5.85. The first-order valence-corrected chi connectivity index (χ1v) is 5.29. The summed E-state index contributed by atoms with van der Waals surface area (Å²) < 4.78 is 1.98. The Bertz CT molecular complexity index is 464. The quantitative estimate of drug-likeness (QED) is 0.896. The molecule has 0 unspecified atom stereocenters. The van der Waals surface area contributed by atoms with Gasteiger partial charge >= 0.3 is 0 Å². The highest BCUT2D eigenvalue weighted by atomic mass is 35.5. The third kappa shape index (κ3) is 2.33. The Morgan fingerprint density at radius 3 is 2.81 bits per heavy atom. The lowest BCUT2D eigenvalue weighted by atomic mass is 10.2. The third-order valence-corrected chi connectivity index (χ3v) is 2.45. The Morgan fingerprint density at radius 1 is 1.44 bits per heavy atom. The molecule has 4 nitrogen and oxygen atoms in total. The number of aryl methyl sites for hydroxylation is 1. The van der Waals surface area contributed by atoms with E-state index in [0.29, 0.717) is 0 Å². The van der Waals surface area contributed by atoms with Crippen LogP contribution in [0.5, 0.6) is 0 Å². The minimum absolute atomic E-state index is 0. The number of pyridine rings is 1. The van der Waals surface area contributed by atoms with Crippen LogP contribution < -0.4 is 5.73 Å². The standard InChI is InChI=1S/C11H16N4.ClH/c1-3-4-15-11-7-13-10(8(2)12)5-9(11)6-14-15;/h5-8H,3-4,12H2,1-2H3;1H/t8-;/m1./s1. The SMILES string of the molecule is CCCn1ncc2cc([C@@H](C)N)ncc21.Cl. The number of hydrogen-bond acceptors (Lipinski definition) is 3. The highest BCUT2D eigenvalue weighted by Crippen LogP contribution is 2.16. The van der Waals surface area contributed by atoms with Gasteiger partial charge in [-0.3, -0.25) is 9.67 Å². The maximum Gasteiger partial charge on any atom is 0.0865 e. The summed E-state index contributed by atoms with van der Waals surface area (Å²) in [4.78, 5) is 4.34. The number of nitrogens with zero attached hydrogens (tertiary/aromatic N) is 3. The van der Waals surface area contributed by atoms with E-state index >= 15 is 0 Å². The zero-order valence-corrected chi connectivity index (χ0v) is 10.4. The van der Waals surface area contributed by atoms with E-state index in [1.807, 2.05) is 30.1 Å². The van der Waals surface area contributed by atoms with Crippen LogP contribution >= 0.6 is 12.4 Å². The van der Waals surface area contributed by atoms with Gasteiger partial charge in [0, 0.05) is 18.0 Å². The van der Waals surface area contributed by atoms with E-state index in [1.54, 1.807) is 0 Å². The van der Waals surface area contributed by atoms with Crippen LogP contribution in [0.15, 0.2) is 18.5 Å². The molecule has 0 saturated heterocycles. The summed E-state index contributed by atoms with van der Waals surface area (Å²) in [6.45, 7) is 5.00. The molecule has 5 heteroatoms. The Balaban J connectivity index is 0.00000128. The average Bonchev–Trinajstić information content (AvgIpc) is 2.61. The molecule has 1 atom stereocenters. The fourth-order valence-electron chi connectivity index (χ4n) is 1.63. The van der Waals surface area contributed by atoms with Crippen LogP contribution in [0.25, 0.3) is 10.9 Å². The van der Waals surface area contributed by atoms with Gasteiger partial charge in [0.1, 0.15) is 0 Å². The van der Waals surface area contributed by atoms with Crippen LogP contribution in [-0.2, 0) is 6.54 Å². The van der Waals surface area contributed by atoms with Crippen LogP contribution in [0.3, 0.4) is 0 Å². The lowest BCUT2D eigenvalue weighted by Gasteiger charge is -2.04. The van der Waals surface area contributed by atoms with Crippen molar-refractivity contribution in [3.8, 4) is 0 Å². The molecule has 2 aromatic heterocycles. The first-order chi connectivity index (χ1) is 7.22. The maximum atomic E-state index is 5.78. The minimum Gasteiger partial charge on any atom is -0.323 e. The molecule has 16 heavy (non-hydrogen) atoms. The normalized spacial score (nSPS) is 12.4. The molecule has 2 rings (SSSR count). The Hall–Kier alpha value is -1.13. The summed E-state index contributed by atoms with van der Waals surface area (Å²) >= 11 is 0. The van der Waals surface area contributed by atoms with Crippen molar-refractivity contribution in [3.05, 3.63) is 24.2 Å². The molecule has 0 spiro atoms. The molecule has 88 valence electrons. The van der Waals surface area contributed by atoms with Gasteiger partial charge in [-0.1, -0.05) is 6.92 Å². The lowest BCUT2D eigenvalue weighted by Crippen LogP contribution is -2.07. The summed E-state index contributed by atoms with van der Waals surface area (Å²) in [6, 6.07) is 1.99. The number of halogens is 1. The number of rotatable bonds is 3. The first kappa shape index (κ1) is 12.9. The predicted octanol–water partition coefficient (Wildman–Crippen LogP) is 2.28. The fraction of sp³-hybridized carbons (Fsp3) is 0.455. The molecule has 2 aromatic rings. The highest BCUT2D eigenvalue weighted by Gasteiger charge is 2.06. The van der Waals surface area contributed by atoms with Crippen LogP contribution in [-0.4, -0.2) is 14.8 Å². The smallest absolute Gasteiger partial charge is 0.0865 e. The van der Waals surface area contributed by atoms with Crippen molar-refractivity contribution < 1.29 is 0 Å². The van der Waals surface area contributed by atoms with E-state index in [0.717, 1.165) is 29.6 Å². The molecule has 0 fully saturated rings. The number of nitrogens with two attached hydrogens (primary N) is 1. The summed E-state index contributed by atoms with van der Waals surface area (Å²) in [5.41, 5.74) is 7.78. The molecule has 0 bridgehead atoms. The van der Waals surface area contributed by atoms with Gasteiger partial charge in [0.15, 0.2) is 0 Å². The van der Waals surface area contributed by atoms with Crippen molar-refractivity contribution >= 4 is 23.3 Å². The molecule has 0 aliphatic carbocycles. The van der Waals surface area contributed by atoms with E-state index in [-0.39, 0.29) is 18.4 Å². The molecule has 0 aromatic carbocycles. The molecular formula is C11H17ClN4. The van der Waals surface area contributed by atoms with Crippen molar-refractivity contribution in [2.75, 3.05) is 0 Å². The Labute approximate surface area is 101 Å². The van der Waals surface area contributed by atoms with Crippen molar-refractivity contribution in [2.24, 2.45) is 5.73 Å². The zero-order chi connectivity index (χ0) is 10.8. The molecule has 2 heterocycles. The van der Waals surface area contributed by atoms with Gasteiger partial charge in [-0.2, -0.15) is 5.10 Å². The topological polar surface area (TPSA) is 56.7 Å². The van der Waals surface area contributed by atoms with E-state index in [4.69, 9.17) is 5.73 Å². The van der Waals surface area contributed by atoms with Gasteiger partial charge in [-0.05, 0) is 19.4 Å².